The Balaban J connectivity index is 4.64. The highest BCUT2D eigenvalue weighted by atomic mass is 16.5. The van der Waals surface area contributed by atoms with E-state index in [2.05, 4.69) is 86.8 Å². The van der Waals surface area contributed by atoms with Crippen molar-refractivity contribution >= 4 is 11.9 Å². The molecule has 0 bridgehead atoms. The van der Waals surface area contributed by atoms with Crippen LogP contribution < -0.4 is 5.32 Å². The molecule has 0 rings (SSSR count). The summed E-state index contributed by atoms with van der Waals surface area (Å²) in [5.74, 6) is -0.515. The van der Waals surface area contributed by atoms with Crippen molar-refractivity contribution in [1.29, 1.82) is 0 Å². The molecule has 0 fully saturated rings. The van der Waals surface area contributed by atoms with E-state index >= 15 is 0 Å². The molecule has 3 N–H and O–H groups in total. The van der Waals surface area contributed by atoms with Gasteiger partial charge in [0.1, 0.15) is 6.10 Å². The Labute approximate surface area is 371 Å². The van der Waals surface area contributed by atoms with Crippen LogP contribution in [0.25, 0.3) is 0 Å². The Morgan fingerprint density at radius 2 is 0.867 bits per heavy atom. The molecule has 3 atom stereocenters. The number of aliphatic hydroxyl groups is 2. The van der Waals surface area contributed by atoms with Crippen LogP contribution in [0.15, 0.2) is 60.8 Å². The number of ether oxygens (including phenoxy) is 1. The normalized spacial score (nSPS) is 13.8. The van der Waals surface area contributed by atoms with E-state index in [1.807, 2.05) is 0 Å². The lowest BCUT2D eigenvalue weighted by Crippen LogP contribution is -2.46. The molecule has 0 aliphatic heterocycles. The van der Waals surface area contributed by atoms with Crippen molar-refractivity contribution in [2.24, 2.45) is 0 Å². The molecule has 0 heterocycles. The van der Waals surface area contributed by atoms with Crippen molar-refractivity contribution < 1.29 is 24.5 Å². The van der Waals surface area contributed by atoms with Gasteiger partial charge in [-0.2, -0.15) is 0 Å². The number of carbonyl (C=O) groups is 2. The highest BCUT2D eigenvalue weighted by Gasteiger charge is 2.24. The number of nitrogens with one attached hydrogen (secondary N) is 1. The van der Waals surface area contributed by atoms with Gasteiger partial charge in [-0.05, 0) is 77.0 Å². The minimum Gasteiger partial charge on any atom is -0.462 e. The fraction of sp³-hybridized carbons (Fsp3) is 0.778. The summed E-state index contributed by atoms with van der Waals surface area (Å²) >= 11 is 0. The Morgan fingerprint density at radius 3 is 1.38 bits per heavy atom. The number of rotatable bonds is 45. The average Bonchev–Trinajstić information content (AvgIpc) is 3.24. The first-order valence-corrected chi connectivity index (χ1v) is 25.6. The van der Waals surface area contributed by atoms with Gasteiger partial charge in [-0.1, -0.05) is 216 Å². The Kier molecular flexibility index (Phi) is 45.7. The number of carbonyl (C=O) groups excluding carboxylic acids is 2. The molecule has 6 nitrogen and oxygen atoms in total. The van der Waals surface area contributed by atoms with Gasteiger partial charge in [0.15, 0.2) is 0 Å². The quantitative estimate of drug-likeness (QED) is 0.0246. The molecular weight excluding hydrogens is 743 g/mol. The summed E-state index contributed by atoms with van der Waals surface area (Å²) in [6.45, 7) is 6.41. The minimum atomic E-state index is -0.795. The average molecular weight is 840 g/mol. The predicted octanol–water partition coefficient (Wildman–Crippen LogP) is 15.2. The maximum Gasteiger partial charge on any atom is 0.306 e. The third-order valence-electron chi connectivity index (χ3n) is 11.4. The summed E-state index contributed by atoms with van der Waals surface area (Å²) in [6, 6.07) is -0.711. The van der Waals surface area contributed by atoms with Crippen molar-refractivity contribution in [3.05, 3.63) is 60.8 Å². The molecule has 348 valence electrons. The van der Waals surface area contributed by atoms with Gasteiger partial charge in [0.25, 0.3) is 0 Å². The van der Waals surface area contributed by atoms with Crippen LogP contribution in [0.5, 0.6) is 0 Å². The SMILES string of the molecule is CCCCC/C=C/C=C/C=C/C=C/CCCCCCCC(=O)OC(CCCCC/C=C/CCCCCCCCC)CC(=O)NC(CO)C(O)CCCCCCCCCCC. The molecule has 3 unspecified atom stereocenters. The second-order valence-electron chi connectivity index (χ2n) is 17.3. The monoisotopic (exact) mass is 840 g/mol. The Morgan fingerprint density at radius 1 is 0.483 bits per heavy atom. The summed E-state index contributed by atoms with van der Waals surface area (Å²) in [4.78, 5) is 26.1. The van der Waals surface area contributed by atoms with Gasteiger partial charge >= 0.3 is 5.97 Å². The molecule has 0 aromatic heterocycles. The molecule has 0 radical (unpaired) electrons. The molecule has 60 heavy (non-hydrogen) atoms. The fourth-order valence-electron chi connectivity index (χ4n) is 7.49. The molecule has 0 aliphatic rings. The second-order valence-corrected chi connectivity index (χ2v) is 17.3. The number of esters is 1. The highest BCUT2D eigenvalue weighted by molar-refractivity contribution is 5.77. The number of hydrogen-bond acceptors (Lipinski definition) is 5. The van der Waals surface area contributed by atoms with Crippen LogP contribution in [0.2, 0.25) is 0 Å². The standard InChI is InChI=1S/C54H97NO5/c1-4-7-10-13-16-19-21-23-25-26-27-28-30-32-35-38-41-44-47-54(59)60-50(45-42-39-36-34-31-29-24-22-20-17-14-11-8-5-2)48-53(58)55-51(49-56)52(57)46-43-40-37-33-18-15-12-9-6-3/h16,19,21,23,25-29,31,50-52,56-57H,4-15,17-18,20,22,24,30,32-49H2,1-3H3,(H,55,58)/b19-16+,23-21+,26-25+,28-27+,31-29+. The van der Waals surface area contributed by atoms with E-state index in [-0.39, 0.29) is 24.9 Å². The maximum atomic E-state index is 13.2. The molecule has 0 saturated heterocycles. The summed E-state index contributed by atoms with van der Waals surface area (Å²) < 4.78 is 5.91. The van der Waals surface area contributed by atoms with Crippen molar-refractivity contribution in [1.82, 2.24) is 5.32 Å². The zero-order chi connectivity index (χ0) is 43.8. The van der Waals surface area contributed by atoms with Gasteiger partial charge in [-0.3, -0.25) is 9.59 Å². The molecule has 0 saturated carbocycles. The highest BCUT2D eigenvalue weighted by Crippen LogP contribution is 2.17. The van der Waals surface area contributed by atoms with Crippen LogP contribution in [0.3, 0.4) is 0 Å². The smallest absolute Gasteiger partial charge is 0.306 e. The zero-order valence-corrected chi connectivity index (χ0v) is 39.6. The molecule has 0 spiro atoms. The van der Waals surface area contributed by atoms with Crippen LogP contribution in [0, 0.1) is 0 Å². The van der Waals surface area contributed by atoms with Gasteiger partial charge in [0.05, 0.1) is 25.2 Å². The molecule has 0 aromatic rings. The van der Waals surface area contributed by atoms with Crippen LogP contribution >= 0.6 is 0 Å². The molecule has 0 aliphatic carbocycles. The zero-order valence-electron chi connectivity index (χ0n) is 39.6. The largest absolute Gasteiger partial charge is 0.462 e. The number of hydrogen-bond donors (Lipinski definition) is 3. The first kappa shape index (κ1) is 57.6. The van der Waals surface area contributed by atoms with Crippen molar-refractivity contribution in [3.8, 4) is 0 Å². The van der Waals surface area contributed by atoms with E-state index in [9.17, 15) is 19.8 Å². The summed E-state index contributed by atoms with van der Waals surface area (Å²) in [6.07, 6.45) is 58.5. The van der Waals surface area contributed by atoms with Gasteiger partial charge in [0, 0.05) is 6.42 Å². The Hall–Kier alpha value is -2.44. The third kappa shape index (κ3) is 42.3. The van der Waals surface area contributed by atoms with Gasteiger partial charge in [-0.15, -0.1) is 0 Å². The number of amides is 1. The van der Waals surface area contributed by atoms with E-state index in [0.29, 0.717) is 19.3 Å². The lowest BCUT2D eigenvalue weighted by atomic mass is 10.0. The van der Waals surface area contributed by atoms with Gasteiger partial charge in [-0.25, -0.2) is 0 Å². The Bertz CT molecular complexity index is 1080. The second kappa shape index (κ2) is 47.6. The van der Waals surface area contributed by atoms with Crippen LogP contribution in [0.1, 0.15) is 245 Å². The molecule has 1 amide bonds. The van der Waals surface area contributed by atoms with E-state index < -0.39 is 18.2 Å². The van der Waals surface area contributed by atoms with Crippen LogP contribution in [-0.2, 0) is 14.3 Å². The van der Waals surface area contributed by atoms with E-state index in [4.69, 9.17) is 4.74 Å². The first-order chi connectivity index (χ1) is 29.5. The fourth-order valence-corrected chi connectivity index (χ4v) is 7.49. The van der Waals surface area contributed by atoms with E-state index in [1.54, 1.807) is 0 Å². The number of unbranched alkanes of at least 4 members (excludes halogenated alkanes) is 26. The van der Waals surface area contributed by atoms with Crippen LogP contribution in [-0.4, -0.2) is 46.9 Å². The summed E-state index contributed by atoms with van der Waals surface area (Å²) in [5, 5.41) is 23.7. The predicted molar refractivity (Wildman–Crippen MR) is 259 cm³/mol. The van der Waals surface area contributed by atoms with Crippen molar-refractivity contribution in [2.45, 2.75) is 264 Å². The third-order valence-corrected chi connectivity index (χ3v) is 11.4. The van der Waals surface area contributed by atoms with Crippen molar-refractivity contribution in [2.75, 3.05) is 6.61 Å². The first-order valence-electron chi connectivity index (χ1n) is 25.6. The minimum absolute atomic E-state index is 0.0561. The molecule has 0 aromatic carbocycles. The van der Waals surface area contributed by atoms with Gasteiger partial charge < -0.3 is 20.3 Å². The lowest BCUT2D eigenvalue weighted by Gasteiger charge is -2.24. The molecular formula is C54H97NO5. The number of aliphatic hydroxyl groups excluding tert-OH is 2. The van der Waals surface area contributed by atoms with Crippen LogP contribution in [0.4, 0.5) is 0 Å². The summed E-state index contributed by atoms with van der Waals surface area (Å²) in [7, 11) is 0. The number of allylic oxidation sites excluding steroid dienone is 10. The summed E-state index contributed by atoms with van der Waals surface area (Å²) in [5.41, 5.74) is 0. The lowest BCUT2D eigenvalue weighted by molar-refractivity contribution is -0.151. The topological polar surface area (TPSA) is 95.9 Å². The molecule has 6 heteroatoms. The van der Waals surface area contributed by atoms with Crippen molar-refractivity contribution in [3.63, 3.8) is 0 Å². The van der Waals surface area contributed by atoms with Gasteiger partial charge in [0.2, 0.25) is 5.91 Å². The maximum absolute atomic E-state index is 13.2. The van der Waals surface area contributed by atoms with E-state index in [0.717, 1.165) is 96.3 Å². The van der Waals surface area contributed by atoms with E-state index in [1.165, 1.54) is 103 Å².